The third kappa shape index (κ3) is 6.21. The maximum Gasteiger partial charge on any atom is 0.407 e. The minimum Gasteiger partial charge on any atom is -0.444 e. The molecule has 2 rings (SSSR count). The van der Waals surface area contributed by atoms with Crippen molar-refractivity contribution < 1.29 is 14.3 Å². The van der Waals surface area contributed by atoms with Gasteiger partial charge in [0.1, 0.15) is 17.2 Å². The summed E-state index contributed by atoms with van der Waals surface area (Å²) in [6.45, 7) is 7.29. The summed E-state index contributed by atoms with van der Waals surface area (Å²) in [6, 6.07) is 3.43. The number of nitrogens with one attached hydrogen (secondary N) is 3. The van der Waals surface area contributed by atoms with Gasteiger partial charge in [0.2, 0.25) is 5.91 Å². The van der Waals surface area contributed by atoms with Gasteiger partial charge in [-0.2, -0.15) is 5.10 Å². The van der Waals surface area contributed by atoms with Gasteiger partial charge in [-0.15, -0.1) is 0 Å². The summed E-state index contributed by atoms with van der Waals surface area (Å²) in [5.74, 6) is 1.35. The lowest BCUT2D eigenvalue weighted by atomic mass is 10.2. The Kier molecular flexibility index (Phi) is 5.68. The molecule has 0 unspecified atom stereocenters. The minimum absolute atomic E-state index is 0.102. The summed E-state index contributed by atoms with van der Waals surface area (Å²) in [7, 11) is 0. The molecular weight excluding hydrogens is 324 g/mol. The second-order valence-electron chi connectivity index (χ2n) is 6.40. The number of ether oxygens (including phenoxy) is 1. The number of H-pyrrole nitrogens is 1. The Bertz CT molecular complexity index is 750. The molecule has 0 aromatic carbocycles. The van der Waals surface area contributed by atoms with E-state index >= 15 is 0 Å². The number of nitrogens with zero attached hydrogens (tertiary/aromatic N) is 3. The van der Waals surface area contributed by atoms with E-state index in [2.05, 4.69) is 30.8 Å². The summed E-state index contributed by atoms with van der Waals surface area (Å²) in [6.07, 6.45) is 1.11. The zero-order valence-electron chi connectivity index (χ0n) is 14.7. The van der Waals surface area contributed by atoms with Gasteiger partial charge in [0.05, 0.1) is 0 Å². The second kappa shape index (κ2) is 7.73. The lowest BCUT2D eigenvalue weighted by Crippen LogP contribution is -2.34. The van der Waals surface area contributed by atoms with Gasteiger partial charge in [0.15, 0.2) is 5.82 Å². The van der Waals surface area contributed by atoms with E-state index in [9.17, 15) is 9.59 Å². The third-order valence-corrected chi connectivity index (χ3v) is 2.90. The van der Waals surface area contributed by atoms with E-state index in [1.807, 2.05) is 0 Å². The fraction of sp³-hybridized carbons (Fsp3) is 0.438. The molecule has 134 valence electrons. The van der Waals surface area contributed by atoms with Gasteiger partial charge in [-0.1, -0.05) is 0 Å². The van der Waals surface area contributed by atoms with Crippen molar-refractivity contribution in [2.24, 2.45) is 0 Å². The van der Waals surface area contributed by atoms with E-state index in [0.29, 0.717) is 17.5 Å². The standard InChI is InChI=1S/C16H22N6O3/c1-10-19-14(22-21-10)11-5-7-17-12(9-11)20-13(23)6-8-18-15(24)25-16(2,3)4/h5,7,9H,6,8H2,1-4H3,(H,18,24)(H,17,20,23)(H,19,21,22). The zero-order valence-corrected chi connectivity index (χ0v) is 14.7. The number of rotatable bonds is 5. The summed E-state index contributed by atoms with van der Waals surface area (Å²) in [5, 5.41) is 12.0. The highest BCUT2D eigenvalue weighted by Crippen LogP contribution is 2.17. The van der Waals surface area contributed by atoms with Crippen molar-refractivity contribution in [1.82, 2.24) is 25.5 Å². The topological polar surface area (TPSA) is 122 Å². The van der Waals surface area contributed by atoms with Crippen molar-refractivity contribution in [2.75, 3.05) is 11.9 Å². The second-order valence-corrected chi connectivity index (χ2v) is 6.40. The zero-order chi connectivity index (χ0) is 18.4. The number of anilines is 1. The van der Waals surface area contributed by atoms with Crippen LogP contribution in [0.4, 0.5) is 10.6 Å². The van der Waals surface area contributed by atoms with Crippen molar-refractivity contribution in [3.8, 4) is 11.4 Å². The molecule has 9 nitrogen and oxygen atoms in total. The van der Waals surface area contributed by atoms with E-state index in [1.54, 1.807) is 46.0 Å². The highest BCUT2D eigenvalue weighted by Gasteiger charge is 2.16. The smallest absolute Gasteiger partial charge is 0.407 e. The van der Waals surface area contributed by atoms with Gasteiger partial charge < -0.3 is 15.4 Å². The highest BCUT2D eigenvalue weighted by molar-refractivity contribution is 5.90. The Balaban J connectivity index is 1.84. The molecule has 0 spiro atoms. The van der Waals surface area contributed by atoms with Crippen LogP contribution in [0.15, 0.2) is 18.3 Å². The molecule has 0 radical (unpaired) electrons. The van der Waals surface area contributed by atoms with Gasteiger partial charge in [-0.05, 0) is 39.8 Å². The predicted molar refractivity (Wildman–Crippen MR) is 91.8 cm³/mol. The Labute approximate surface area is 145 Å². The van der Waals surface area contributed by atoms with Gasteiger partial charge in [-0.3, -0.25) is 9.89 Å². The molecule has 0 bridgehead atoms. The Morgan fingerprint density at radius 2 is 2.08 bits per heavy atom. The van der Waals surface area contributed by atoms with Gasteiger partial charge in [0, 0.05) is 24.7 Å². The first-order valence-electron chi connectivity index (χ1n) is 7.85. The van der Waals surface area contributed by atoms with Crippen molar-refractivity contribution in [1.29, 1.82) is 0 Å². The average molecular weight is 346 g/mol. The van der Waals surface area contributed by atoms with Crippen LogP contribution >= 0.6 is 0 Å². The number of amides is 2. The molecule has 2 aromatic heterocycles. The number of aromatic nitrogens is 4. The van der Waals surface area contributed by atoms with Crippen LogP contribution in [-0.4, -0.2) is 44.3 Å². The maximum atomic E-state index is 12.0. The maximum absolute atomic E-state index is 12.0. The van der Waals surface area contributed by atoms with Gasteiger partial charge in [-0.25, -0.2) is 14.8 Å². The largest absolute Gasteiger partial charge is 0.444 e. The van der Waals surface area contributed by atoms with Crippen LogP contribution in [0, 0.1) is 6.92 Å². The Morgan fingerprint density at radius 3 is 2.72 bits per heavy atom. The van der Waals surface area contributed by atoms with Crippen LogP contribution in [0.1, 0.15) is 33.0 Å². The molecule has 0 aliphatic heterocycles. The lowest BCUT2D eigenvalue weighted by molar-refractivity contribution is -0.116. The van der Waals surface area contributed by atoms with Crippen LogP contribution in [0.25, 0.3) is 11.4 Å². The first-order chi connectivity index (χ1) is 11.7. The predicted octanol–water partition coefficient (Wildman–Crippen LogP) is 2.03. The molecule has 25 heavy (non-hydrogen) atoms. The number of carbonyl (C=O) groups is 2. The van der Waals surface area contributed by atoms with Crippen molar-refractivity contribution in [3.05, 3.63) is 24.2 Å². The number of alkyl carbamates (subject to hydrolysis) is 1. The number of aryl methyl sites for hydroxylation is 1. The normalized spacial score (nSPS) is 11.0. The Hall–Kier alpha value is -2.97. The van der Waals surface area contributed by atoms with Crippen LogP contribution < -0.4 is 10.6 Å². The number of carbonyl (C=O) groups excluding carboxylic acids is 2. The molecule has 3 N–H and O–H groups in total. The number of hydrogen-bond acceptors (Lipinski definition) is 6. The molecule has 0 aliphatic rings. The first kappa shape index (κ1) is 18.4. The summed E-state index contributed by atoms with van der Waals surface area (Å²) < 4.78 is 5.09. The van der Waals surface area contributed by atoms with E-state index in [-0.39, 0.29) is 18.9 Å². The number of pyridine rings is 1. The molecule has 9 heteroatoms. The fourth-order valence-corrected chi connectivity index (χ4v) is 1.91. The van der Waals surface area contributed by atoms with E-state index in [0.717, 1.165) is 5.56 Å². The Morgan fingerprint density at radius 1 is 1.32 bits per heavy atom. The van der Waals surface area contributed by atoms with E-state index in [4.69, 9.17) is 4.74 Å². The fourth-order valence-electron chi connectivity index (χ4n) is 1.91. The molecule has 0 fully saturated rings. The van der Waals surface area contributed by atoms with Gasteiger partial charge in [0.25, 0.3) is 0 Å². The minimum atomic E-state index is -0.574. The molecule has 2 aromatic rings. The lowest BCUT2D eigenvalue weighted by Gasteiger charge is -2.19. The molecule has 0 saturated heterocycles. The first-order valence-corrected chi connectivity index (χ1v) is 7.85. The van der Waals surface area contributed by atoms with Crippen LogP contribution in [0.5, 0.6) is 0 Å². The number of aromatic amines is 1. The summed E-state index contributed by atoms with van der Waals surface area (Å²) in [4.78, 5) is 31.8. The van der Waals surface area contributed by atoms with Crippen molar-refractivity contribution in [3.63, 3.8) is 0 Å². The van der Waals surface area contributed by atoms with Crippen molar-refractivity contribution in [2.45, 2.75) is 39.7 Å². The molecule has 2 amide bonds. The van der Waals surface area contributed by atoms with Crippen LogP contribution in [0.3, 0.4) is 0 Å². The summed E-state index contributed by atoms with van der Waals surface area (Å²) >= 11 is 0. The number of hydrogen-bond donors (Lipinski definition) is 3. The van der Waals surface area contributed by atoms with Gasteiger partial charge >= 0.3 is 6.09 Å². The quantitative estimate of drug-likeness (QED) is 0.761. The van der Waals surface area contributed by atoms with Crippen LogP contribution in [-0.2, 0) is 9.53 Å². The van der Waals surface area contributed by atoms with E-state index < -0.39 is 11.7 Å². The molecular formula is C16H22N6O3. The molecule has 0 saturated carbocycles. The van der Waals surface area contributed by atoms with Crippen molar-refractivity contribution >= 4 is 17.8 Å². The molecule has 0 atom stereocenters. The third-order valence-electron chi connectivity index (χ3n) is 2.90. The summed E-state index contributed by atoms with van der Waals surface area (Å²) in [5.41, 5.74) is 0.163. The van der Waals surface area contributed by atoms with Crippen LogP contribution in [0.2, 0.25) is 0 Å². The molecule has 0 aliphatic carbocycles. The average Bonchev–Trinajstić information content (AvgIpc) is 2.92. The SMILES string of the molecule is Cc1nc(-c2ccnc(NC(=O)CCNC(=O)OC(C)(C)C)c2)n[nH]1. The molecule has 2 heterocycles. The monoisotopic (exact) mass is 346 g/mol. The highest BCUT2D eigenvalue weighted by atomic mass is 16.6. The van der Waals surface area contributed by atoms with E-state index in [1.165, 1.54) is 0 Å².